The highest BCUT2D eigenvalue weighted by Crippen LogP contribution is 2.23. The predicted molar refractivity (Wildman–Crippen MR) is 100 cm³/mol. The van der Waals surface area contributed by atoms with Crippen LogP contribution in [0.25, 0.3) is 0 Å². The zero-order valence-corrected chi connectivity index (χ0v) is 15.3. The fraction of sp³-hybridized carbons (Fsp3) is 0.500. The quantitative estimate of drug-likeness (QED) is 0.881. The van der Waals surface area contributed by atoms with Crippen LogP contribution in [0, 0.1) is 6.92 Å². The van der Waals surface area contributed by atoms with Gasteiger partial charge in [0.1, 0.15) is 0 Å². The van der Waals surface area contributed by atoms with Gasteiger partial charge in [0, 0.05) is 35.1 Å². The lowest BCUT2D eigenvalue weighted by Crippen LogP contribution is -2.35. The molecule has 3 nitrogen and oxygen atoms in total. The Kier molecular flexibility index (Phi) is 7.50. The zero-order chi connectivity index (χ0) is 15.2. The maximum absolute atomic E-state index is 4.53. The maximum atomic E-state index is 4.53. The smallest absolute Gasteiger partial charge is 0.0544 e. The van der Waals surface area contributed by atoms with Crippen LogP contribution in [-0.2, 0) is 13.1 Å². The third-order valence-corrected chi connectivity index (χ3v) is 5.29. The van der Waals surface area contributed by atoms with Crippen molar-refractivity contribution in [2.24, 2.45) is 0 Å². The van der Waals surface area contributed by atoms with E-state index in [4.69, 9.17) is 0 Å². The number of aryl methyl sites for hydroxylation is 1. The van der Waals surface area contributed by atoms with Crippen LogP contribution in [0.15, 0.2) is 36.5 Å². The van der Waals surface area contributed by atoms with Crippen LogP contribution in [0.5, 0.6) is 0 Å². The Labute approximate surface area is 149 Å². The van der Waals surface area contributed by atoms with Crippen molar-refractivity contribution in [3.05, 3.63) is 52.0 Å². The van der Waals surface area contributed by atoms with Crippen LogP contribution in [0.2, 0.25) is 0 Å². The van der Waals surface area contributed by atoms with Crippen LogP contribution in [0.4, 0.5) is 0 Å². The molecule has 1 atom stereocenters. The van der Waals surface area contributed by atoms with E-state index in [-0.39, 0.29) is 12.4 Å². The van der Waals surface area contributed by atoms with Gasteiger partial charge in [0.05, 0.1) is 5.69 Å². The van der Waals surface area contributed by atoms with Crippen LogP contribution in [0.1, 0.15) is 34.7 Å². The van der Waals surface area contributed by atoms with Crippen molar-refractivity contribution in [3.8, 4) is 0 Å². The van der Waals surface area contributed by atoms with E-state index in [1.165, 1.54) is 34.7 Å². The van der Waals surface area contributed by atoms with E-state index in [0.29, 0.717) is 6.04 Å². The van der Waals surface area contributed by atoms with Crippen molar-refractivity contribution in [1.29, 1.82) is 0 Å². The molecule has 126 valence electrons. The molecule has 3 heterocycles. The van der Waals surface area contributed by atoms with E-state index in [0.717, 1.165) is 26.2 Å². The molecule has 0 bridgehead atoms. The number of halogens is 1. The Morgan fingerprint density at radius 3 is 2.83 bits per heavy atom. The van der Waals surface area contributed by atoms with Gasteiger partial charge in [-0.25, -0.2) is 0 Å². The van der Waals surface area contributed by atoms with Gasteiger partial charge in [0.2, 0.25) is 0 Å². The number of pyridine rings is 1. The summed E-state index contributed by atoms with van der Waals surface area (Å²) >= 11 is 1.92. The molecule has 2 aromatic heterocycles. The minimum Gasteiger partial charge on any atom is -0.317 e. The van der Waals surface area contributed by atoms with E-state index in [2.05, 4.69) is 46.4 Å². The van der Waals surface area contributed by atoms with Crippen LogP contribution in [0.3, 0.4) is 0 Å². The Balaban J connectivity index is 0.00000192. The largest absolute Gasteiger partial charge is 0.317 e. The monoisotopic (exact) mass is 351 g/mol. The molecule has 1 saturated heterocycles. The topological polar surface area (TPSA) is 28.2 Å². The molecule has 3 rings (SSSR count). The maximum Gasteiger partial charge on any atom is 0.0544 e. The number of hydrogen-bond acceptors (Lipinski definition) is 4. The summed E-state index contributed by atoms with van der Waals surface area (Å²) in [6.45, 7) is 6.47. The van der Waals surface area contributed by atoms with Gasteiger partial charge in [-0.05, 0) is 63.5 Å². The van der Waals surface area contributed by atoms with Crippen molar-refractivity contribution < 1.29 is 0 Å². The molecule has 1 fully saturated rings. The van der Waals surface area contributed by atoms with E-state index in [9.17, 15) is 0 Å². The van der Waals surface area contributed by atoms with E-state index < -0.39 is 0 Å². The number of thiophene rings is 1. The number of nitrogens with one attached hydrogen (secondary N) is 1. The van der Waals surface area contributed by atoms with Gasteiger partial charge >= 0.3 is 0 Å². The van der Waals surface area contributed by atoms with Crippen LogP contribution < -0.4 is 5.32 Å². The first-order chi connectivity index (χ1) is 10.8. The molecule has 1 aliphatic heterocycles. The summed E-state index contributed by atoms with van der Waals surface area (Å²) in [5, 5.41) is 3.52. The molecule has 0 spiro atoms. The number of rotatable bonds is 5. The lowest BCUT2D eigenvalue weighted by Gasteiger charge is -2.30. The summed E-state index contributed by atoms with van der Waals surface area (Å²) < 4.78 is 0. The minimum atomic E-state index is 0. The van der Waals surface area contributed by atoms with Crippen molar-refractivity contribution in [3.63, 3.8) is 0 Å². The van der Waals surface area contributed by atoms with Gasteiger partial charge in [-0.3, -0.25) is 9.88 Å². The fourth-order valence-electron chi connectivity index (χ4n) is 3.15. The lowest BCUT2D eigenvalue weighted by molar-refractivity contribution is 0.164. The molecular formula is C18H26ClN3S. The molecule has 0 aliphatic carbocycles. The number of hydrogen-bond donors (Lipinski definition) is 1. The summed E-state index contributed by atoms with van der Waals surface area (Å²) in [5.74, 6) is 0. The van der Waals surface area contributed by atoms with Crippen LogP contribution in [-0.4, -0.2) is 29.0 Å². The molecule has 0 saturated carbocycles. The van der Waals surface area contributed by atoms with Gasteiger partial charge in [-0.15, -0.1) is 23.7 Å². The second kappa shape index (κ2) is 9.38. The van der Waals surface area contributed by atoms with E-state index >= 15 is 0 Å². The minimum absolute atomic E-state index is 0. The highest BCUT2D eigenvalue weighted by atomic mass is 35.5. The summed E-state index contributed by atoms with van der Waals surface area (Å²) in [7, 11) is 0. The highest BCUT2D eigenvalue weighted by Gasteiger charge is 2.21. The van der Waals surface area contributed by atoms with Crippen LogP contribution >= 0.6 is 23.7 Å². The van der Waals surface area contributed by atoms with Gasteiger partial charge < -0.3 is 5.32 Å². The zero-order valence-electron chi connectivity index (χ0n) is 13.7. The fourth-order valence-corrected chi connectivity index (χ4v) is 4.07. The van der Waals surface area contributed by atoms with E-state index in [1.807, 2.05) is 23.6 Å². The molecule has 0 amide bonds. The Hall–Kier alpha value is -0.940. The standard InChI is InChI=1S/C18H25N3S.ClH/c1-15-7-8-18(22-15)14-21(13-16-5-2-3-11-20-16)17-6-4-10-19-12-9-17;/h2-3,5,7-8,11,17,19H,4,6,9-10,12-14H2,1H3;1H. The Morgan fingerprint density at radius 1 is 1.17 bits per heavy atom. The summed E-state index contributed by atoms with van der Waals surface area (Å²) in [6, 6.07) is 11.4. The lowest BCUT2D eigenvalue weighted by atomic mass is 10.1. The van der Waals surface area contributed by atoms with Crippen molar-refractivity contribution in [1.82, 2.24) is 15.2 Å². The Bertz CT molecular complexity index is 565. The third-order valence-electron chi connectivity index (χ3n) is 4.31. The summed E-state index contributed by atoms with van der Waals surface area (Å²) in [4.78, 5) is 10.0. The van der Waals surface area contributed by atoms with Gasteiger partial charge in [0.15, 0.2) is 0 Å². The van der Waals surface area contributed by atoms with Crippen molar-refractivity contribution in [2.75, 3.05) is 13.1 Å². The normalized spacial score (nSPS) is 18.4. The second-order valence-electron chi connectivity index (χ2n) is 6.07. The molecule has 1 aliphatic rings. The number of nitrogens with zero attached hydrogens (tertiary/aromatic N) is 2. The highest BCUT2D eigenvalue weighted by molar-refractivity contribution is 7.11. The average molecular weight is 352 g/mol. The SMILES string of the molecule is Cc1ccc(CN(Cc2ccccn2)C2CCCNCC2)s1.Cl. The third kappa shape index (κ3) is 5.57. The molecule has 1 unspecified atom stereocenters. The van der Waals surface area contributed by atoms with Crippen molar-refractivity contribution >= 4 is 23.7 Å². The molecule has 5 heteroatoms. The second-order valence-corrected chi connectivity index (χ2v) is 7.45. The van der Waals surface area contributed by atoms with Gasteiger partial charge in [-0.1, -0.05) is 6.07 Å². The first kappa shape index (κ1) is 18.4. The molecule has 0 radical (unpaired) electrons. The molecular weight excluding hydrogens is 326 g/mol. The predicted octanol–water partition coefficient (Wildman–Crippen LogP) is 4.02. The van der Waals surface area contributed by atoms with Crippen molar-refractivity contribution in [2.45, 2.75) is 45.3 Å². The first-order valence-corrected chi connectivity index (χ1v) is 9.03. The summed E-state index contributed by atoms with van der Waals surface area (Å²) in [6.07, 6.45) is 5.69. The molecule has 1 N–H and O–H groups in total. The average Bonchev–Trinajstić information content (AvgIpc) is 2.78. The Morgan fingerprint density at radius 2 is 2.09 bits per heavy atom. The summed E-state index contributed by atoms with van der Waals surface area (Å²) in [5.41, 5.74) is 1.17. The van der Waals surface area contributed by atoms with Gasteiger partial charge in [0.25, 0.3) is 0 Å². The molecule has 2 aromatic rings. The number of aromatic nitrogens is 1. The van der Waals surface area contributed by atoms with E-state index in [1.54, 1.807) is 0 Å². The molecule has 23 heavy (non-hydrogen) atoms. The molecule has 0 aromatic carbocycles. The van der Waals surface area contributed by atoms with Gasteiger partial charge in [-0.2, -0.15) is 0 Å². The first-order valence-electron chi connectivity index (χ1n) is 8.21.